The van der Waals surface area contributed by atoms with Crippen LogP contribution >= 0.6 is 11.3 Å². The van der Waals surface area contributed by atoms with Crippen LogP contribution in [-0.2, 0) is 0 Å². The second-order valence-corrected chi connectivity index (χ2v) is 4.88. The molecule has 6 heteroatoms. The normalized spacial score (nSPS) is 10.7. The van der Waals surface area contributed by atoms with Crippen LogP contribution in [0.1, 0.15) is 25.9 Å². The third-order valence-corrected chi connectivity index (χ3v) is 3.56. The van der Waals surface area contributed by atoms with Crippen LogP contribution in [-0.4, -0.2) is 26.8 Å². The van der Waals surface area contributed by atoms with Gasteiger partial charge in [0.25, 0.3) is 0 Å². The van der Waals surface area contributed by atoms with E-state index in [0.29, 0.717) is 21.5 Å². The molecule has 0 saturated carbocycles. The molecule has 0 bridgehead atoms. The Labute approximate surface area is 111 Å². The largest absolute Gasteiger partial charge is 0.475 e. The van der Waals surface area contributed by atoms with Crippen LogP contribution in [0.2, 0.25) is 0 Å². The molecule has 0 radical (unpaired) electrons. The molecule has 0 unspecified atom stereocenters. The summed E-state index contributed by atoms with van der Waals surface area (Å²) in [6, 6.07) is 8.48. The van der Waals surface area contributed by atoms with Gasteiger partial charge >= 0.3 is 5.97 Å². The highest BCUT2D eigenvalue weighted by Gasteiger charge is 2.13. The maximum atomic E-state index is 12.2. The highest BCUT2D eigenvalue weighted by Crippen LogP contribution is 2.19. The van der Waals surface area contributed by atoms with Gasteiger partial charge in [-0.25, -0.2) is 9.78 Å². The van der Waals surface area contributed by atoms with Crippen molar-refractivity contribution in [1.82, 2.24) is 9.97 Å². The summed E-state index contributed by atoms with van der Waals surface area (Å²) in [6.45, 7) is 0. The van der Waals surface area contributed by atoms with E-state index in [1.54, 1.807) is 24.3 Å². The Balaban J connectivity index is 2.06. The number of benzene rings is 1. The molecule has 19 heavy (non-hydrogen) atoms. The third-order valence-electron chi connectivity index (χ3n) is 2.69. The Morgan fingerprint density at radius 2 is 2.11 bits per heavy atom. The third kappa shape index (κ3) is 2.02. The summed E-state index contributed by atoms with van der Waals surface area (Å²) < 4.78 is 0. The molecule has 2 N–H and O–H groups in total. The molecule has 3 aromatic rings. The number of rotatable bonds is 3. The van der Waals surface area contributed by atoms with E-state index in [-0.39, 0.29) is 11.6 Å². The molecule has 0 saturated heterocycles. The van der Waals surface area contributed by atoms with E-state index in [2.05, 4.69) is 9.97 Å². The van der Waals surface area contributed by atoms with E-state index < -0.39 is 5.97 Å². The van der Waals surface area contributed by atoms with Gasteiger partial charge in [0.1, 0.15) is 0 Å². The van der Waals surface area contributed by atoms with Gasteiger partial charge in [0.2, 0.25) is 11.6 Å². The van der Waals surface area contributed by atoms with Crippen LogP contribution < -0.4 is 0 Å². The van der Waals surface area contributed by atoms with Crippen molar-refractivity contribution in [2.24, 2.45) is 0 Å². The second kappa shape index (κ2) is 4.33. The van der Waals surface area contributed by atoms with Crippen molar-refractivity contribution in [3.8, 4) is 0 Å². The van der Waals surface area contributed by atoms with Crippen molar-refractivity contribution in [3.05, 3.63) is 52.0 Å². The summed E-state index contributed by atoms with van der Waals surface area (Å²) in [5.41, 5.74) is 1.58. The molecule has 0 fully saturated rings. The predicted molar refractivity (Wildman–Crippen MR) is 70.8 cm³/mol. The van der Waals surface area contributed by atoms with Crippen molar-refractivity contribution in [1.29, 1.82) is 0 Å². The summed E-state index contributed by atoms with van der Waals surface area (Å²) in [6.07, 6.45) is 0. The lowest BCUT2D eigenvalue weighted by atomic mass is 10.1. The average Bonchev–Trinajstić information content (AvgIpc) is 3.06. The molecule has 0 aliphatic carbocycles. The molecular formula is C13H8N2O3S. The fourth-order valence-corrected chi connectivity index (χ4v) is 2.49. The van der Waals surface area contributed by atoms with E-state index in [9.17, 15) is 9.59 Å². The van der Waals surface area contributed by atoms with E-state index in [1.165, 1.54) is 11.3 Å². The lowest BCUT2D eigenvalue weighted by Crippen LogP contribution is -1.98. The summed E-state index contributed by atoms with van der Waals surface area (Å²) in [5, 5.41) is 10.7. The van der Waals surface area contributed by atoms with Gasteiger partial charge in [0.05, 0.1) is 15.9 Å². The van der Waals surface area contributed by atoms with E-state index in [4.69, 9.17) is 5.11 Å². The van der Waals surface area contributed by atoms with Gasteiger partial charge < -0.3 is 10.1 Å². The second-order valence-electron chi connectivity index (χ2n) is 3.93. The monoisotopic (exact) mass is 272 g/mol. The molecule has 0 amide bonds. The Bertz CT molecular complexity index is 774. The molecule has 2 heterocycles. The van der Waals surface area contributed by atoms with Gasteiger partial charge in [0.15, 0.2) is 0 Å². The standard InChI is InChI=1S/C13H8N2O3S/c16-11(10-2-1-5-19-10)7-3-4-8-9(6-7)15-12(14-8)13(17)18/h1-6H,(H,14,15)(H,17,18). The molecule has 1 aromatic carbocycles. The Hall–Kier alpha value is -2.47. The predicted octanol–water partition coefficient (Wildman–Crippen LogP) is 2.55. The van der Waals surface area contributed by atoms with Crippen molar-refractivity contribution < 1.29 is 14.7 Å². The highest BCUT2D eigenvalue weighted by molar-refractivity contribution is 7.12. The van der Waals surface area contributed by atoms with E-state index in [1.807, 2.05) is 11.4 Å². The number of aromatic nitrogens is 2. The molecule has 0 spiro atoms. The number of aromatic carboxylic acids is 1. The number of carbonyl (C=O) groups excluding carboxylic acids is 1. The molecule has 2 aromatic heterocycles. The number of fused-ring (bicyclic) bond motifs is 1. The Kier molecular flexibility index (Phi) is 2.64. The number of hydrogen-bond acceptors (Lipinski definition) is 4. The number of carbonyl (C=O) groups is 2. The number of imidazole rings is 1. The zero-order chi connectivity index (χ0) is 13.4. The first-order valence-electron chi connectivity index (χ1n) is 5.46. The fourth-order valence-electron chi connectivity index (χ4n) is 1.80. The summed E-state index contributed by atoms with van der Waals surface area (Å²) >= 11 is 1.37. The lowest BCUT2D eigenvalue weighted by molar-refractivity contribution is 0.0685. The number of carboxylic acid groups (broad SMARTS) is 1. The Morgan fingerprint density at radius 1 is 1.26 bits per heavy atom. The minimum atomic E-state index is -1.12. The minimum Gasteiger partial charge on any atom is -0.475 e. The van der Waals surface area contributed by atoms with E-state index in [0.717, 1.165) is 0 Å². The molecule has 5 nitrogen and oxygen atoms in total. The van der Waals surface area contributed by atoms with Crippen molar-refractivity contribution in [3.63, 3.8) is 0 Å². The molecular weight excluding hydrogens is 264 g/mol. The minimum absolute atomic E-state index is 0.0802. The van der Waals surface area contributed by atoms with Crippen molar-refractivity contribution in [2.75, 3.05) is 0 Å². The van der Waals surface area contributed by atoms with Crippen LogP contribution in [0, 0.1) is 0 Å². The molecule has 94 valence electrons. The van der Waals surface area contributed by atoms with Gasteiger partial charge in [-0.3, -0.25) is 4.79 Å². The van der Waals surface area contributed by atoms with Crippen LogP contribution in [0.3, 0.4) is 0 Å². The van der Waals surface area contributed by atoms with Gasteiger partial charge in [-0.15, -0.1) is 11.3 Å². The molecule has 3 rings (SSSR count). The van der Waals surface area contributed by atoms with Gasteiger partial charge in [-0.05, 0) is 29.6 Å². The highest BCUT2D eigenvalue weighted by atomic mass is 32.1. The number of hydrogen-bond donors (Lipinski definition) is 2. The van der Waals surface area contributed by atoms with Crippen molar-refractivity contribution in [2.45, 2.75) is 0 Å². The quantitative estimate of drug-likeness (QED) is 0.718. The van der Waals surface area contributed by atoms with Gasteiger partial charge in [0, 0.05) is 5.56 Å². The smallest absolute Gasteiger partial charge is 0.371 e. The van der Waals surface area contributed by atoms with Crippen LogP contribution in [0.25, 0.3) is 11.0 Å². The van der Waals surface area contributed by atoms with Gasteiger partial charge in [-0.1, -0.05) is 6.07 Å². The SMILES string of the molecule is O=C(O)c1nc2ccc(C(=O)c3cccs3)cc2[nH]1. The van der Waals surface area contributed by atoms with Gasteiger partial charge in [-0.2, -0.15) is 0 Å². The summed E-state index contributed by atoms with van der Waals surface area (Å²) in [7, 11) is 0. The van der Waals surface area contributed by atoms with Crippen LogP contribution in [0.15, 0.2) is 35.7 Å². The number of ketones is 1. The zero-order valence-corrected chi connectivity index (χ0v) is 10.4. The zero-order valence-electron chi connectivity index (χ0n) is 9.58. The van der Waals surface area contributed by atoms with Crippen LogP contribution in [0.5, 0.6) is 0 Å². The lowest BCUT2D eigenvalue weighted by Gasteiger charge is -1.97. The number of H-pyrrole nitrogens is 1. The molecule has 0 aliphatic rings. The van der Waals surface area contributed by atoms with E-state index >= 15 is 0 Å². The maximum absolute atomic E-state index is 12.2. The van der Waals surface area contributed by atoms with Crippen LogP contribution in [0.4, 0.5) is 0 Å². The Morgan fingerprint density at radius 3 is 2.79 bits per heavy atom. The number of thiophene rings is 1. The molecule has 0 atom stereocenters. The summed E-state index contributed by atoms with van der Waals surface area (Å²) in [4.78, 5) is 30.2. The first kappa shape index (κ1) is 11.6. The maximum Gasteiger partial charge on any atom is 0.371 e. The number of carboxylic acids is 1. The van der Waals surface area contributed by atoms with Crippen molar-refractivity contribution >= 4 is 34.1 Å². The number of aromatic amines is 1. The summed E-state index contributed by atoms with van der Waals surface area (Å²) in [5.74, 6) is -1.33. The first-order valence-corrected chi connectivity index (χ1v) is 6.34. The fraction of sp³-hybridized carbons (Fsp3) is 0. The number of nitrogens with one attached hydrogen (secondary N) is 1. The number of nitrogens with zero attached hydrogens (tertiary/aromatic N) is 1. The first-order chi connectivity index (χ1) is 9.15. The topological polar surface area (TPSA) is 83.0 Å². The molecule has 0 aliphatic heterocycles. The average molecular weight is 272 g/mol.